The summed E-state index contributed by atoms with van der Waals surface area (Å²) in [5.74, 6) is 0. The standard InChI is InChI=1S/C51H30N2O2S/c1-2-8-34(9-3-1)51-52-44-26-20-33-16-14-32-15-17-35(28-42(32)49(33)50(44)56-51)31-18-21-36(22-19-31)53(37-24-27-47-43(29-37)40-11-5-7-13-46(40)54-47)38-23-25-41-39-10-4-6-12-45(39)55-48(41)30-38/h1-30H. The van der Waals surface area contributed by atoms with Crippen LogP contribution in [0.2, 0.25) is 0 Å². The molecular formula is C51H30N2O2S. The van der Waals surface area contributed by atoms with E-state index in [0.29, 0.717) is 0 Å². The molecule has 0 aliphatic rings. The Morgan fingerprint density at radius 3 is 1.84 bits per heavy atom. The van der Waals surface area contributed by atoms with Gasteiger partial charge in [-0.3, -0.25) is 0 Å². The number of anilines is 3. The van der Waals surface area contributed by atoms with Crippen LogP contribution in [0.5, 0.6) is 0 Å². The van der Waals surface area contributed by atoms with Crippen LogP contribution in [-0.2, 0) is 0 Å². The van der Waals surface area contributed by atoms with E-state index in [2.05, 4.69) is 157 Å². The lowest BCUT2D eigenvalue weighted by molar-refractivity contribution is 0.668. The van der Waals surface area contributed by atoms with Gasteiger partial charge in [-0.2, -0.15) is 0 Å². The lowest BCUT2D eigenvalue weighted by Crippen LogP contribution is -2.09. The minimum Gasteiger partial charge on any atom is -0.456 e. The van der Waals surface area contributed by atoms with Gasteiger partial charge in [0.05, 0.1) is 10.2 Å². The Balaban J connectivity index is 0.992. The molecule has 0 fully saturated rings. The molecule has 3 aromatic heterocycles. The van der Waals surface area contributed by atoms with Gasteiger partial charge in [0.25, 0.3) is 0 Å². The van der Waals surface area contributed by atoms with Crippen LogP contribution in [0.3, 0.4) is 0 Å². The highest BCUT2D eigenvalue weighted by atomic mass is 32.1. The van der Waals surface area contributed by atoms with Crippen molar-refractivity contribution < 1.29 is 8.83 Å². The Hall–Kier alpha value is -7.21. The van der Waals surface area contributed by atoms with Gasteiger partial charge in [0, 0.05) is 55.6 Å². The molecule has 0 saturated carbocycles. The molecule has 0 spiro atoms. The maximum Gasteiger partial charge on any atom is 0.137 e. The summed E-state index contributed by atoms with van der Waals surface area (Å²) in [7, 11) is 0. The molecule has 9 aromatic carbocycles. The first-order valence-electron chi connectivity index (χ1n) is 18.8. The van der Waals surface area contributed by atoms with Crippen LogP contribution in [0.15, 0.2) is 191 Å². The molecule has 0 bridgehead atoms. The lowest BCUT2D eigenvalue weighted by atomic mass is 9.96. The number of fused-ring (bicyclic) bond motifs is 11. The first-order valence-corrected chi connectivity index (χ1v) is 19.6. The molecule has 12 aromatic rings. The van der Waals surface area contributed by atoms with E-state index in [1.165, 1.54) is 31.8 Å². The van der Waals surface area contributed by atoms with E-state index in [1.54, 1.807) is 11.3 Å². The molecule has 3 heterocycles. The van der Waals surface area contributed by atoms with Crippen molar-refractivity contribution in [1.82, 2.24) is 4.98 Å². The second kappa shape index (κ2) is 12.2. The normalized spacial score (nSPS) is 11.9. The quantitative estimate of drug-likeness (QED) is 0.165. The minimum atomic E-state index is 0.856. The van der Waals surface area contributed by atoms with Crippen molar-refractivity contribution in [1.29, 1.82) is 0 Å². The summed E-state index contributed by atoms with van der Waals surface area (Å²) in [6.45, 7) is 0. The largest absolute Gasteiger partial charge is 0.456 e. The van der Waals surface area contributed by atoms with Crippen LogP contribution in [0.4, 0.5) is 17.1 Å². The number of nitrogens with zero attached hydrogens (tertiary/aromatic N) is 2. The Kier molecular flexibility index (Phi) is 6.76. The summed E-state index contributed by atoms with van der Waals surface area (Å²) in [5.41, 5.74) is 11.1. The molecule has 0 N–H and O–H groups in total. The molecule has 0 saturated heterocycles. The SMILES string of the molecule is c1ccc(-c2nc3ccc4ccc5ccc(-c6ccc(N(c7ccc8c(c7)oc7ccccc78)c7ccc8oc9ccccc9c8c7)cc6)cc5c4c3s2)cc1. The van der Waals surface area contributed by atoms with Crippen molar-refractivity contribution in [3.05, 3.63) is 182 Å². The third-order valence-corrected chi connectivity index (χ3v) is 12.2. The van der Waals surface area contributed by atoms with Crippen molar-refractivity contribution in [3.8, 4) is 21.7 Å². The molecule has 0 radical (unpaired) electrons. The van der Waals surface area contributed by atoms with E-state index in [4.69, 9.17) is 13.8 Å². The number of rotatable bonds is 5. The topological polar surface area (TPSA) is 42.4 Å². The third kappa shape index (κ3) is 4.88. The molecule has 0 atom stereocenters. The highest BCUT2D eigenvalue weighted by Crippen LogP contribution is 2.43. The van der Waals surface area contributed by atoms with Crippen molar-refractivity contribution in [2.45, 2.75) is 0 Å². The lowest BCUT2D eigenvalue weighted by Gasteiger charge is -2.26. The van der Waals surface area contributed by atoms with Gasteiger partial charge in [-0.15, -0.1) is 11.3 Å². The number of para-hydroxylation sites is 2. The van der Waals surface area contributed by atoms with Crippen LogP contribution in [0.1, 0.15) is 0 Å². The van der Waals surface area contributed by atoms with Crippen LogP contribution >= 0.6 is 11.3 Å². The van der Waals surface area contributed by atoms with Crippen molar-refractivity contribution >= 4 is 104 Å². The summed E-state index contributed by atoms with van der Waals surface area (Å²) in [4.78, 5) is 7.36. The van der Waals surface area contributed by atoms with E-state index in [-0.39, 0.29) is 0 Å². The molecule has 0 aliphatic carbocycles. The van der Waals surface area contributed by atoms with Crippen LogP contribution in [0, 0.1) is 0 Å². The van der Waals surface area contributed by atoms with Gasteiger partial charge in [-0.25, -0.2) is 4.98 Å². The zero-order valence-corrected chi connectivity index (χ0v) is 30.8. The number of thiazole rings is 1. The molecule has 56 heavy (non-hydrogen) atoms. The van der Waals surface area contributed by atoms with Crippen molar-refractivity contribution in [3.63, 3.8) is 0 Å². The number of hydrogen-bond donors (Lipinski definition) is 0. The summed E-state index contributed by atoms with van der Waals surface area (Å²) < 4.78 is 13.8. The Labute approximate surface area is 325 Å². The second-order valence-electron chi connectivity index (χ2n) is 14.3. The zero-order chi connectivity index (χ0) is 36.7. The Morgan fingerprint density at radius 1 is 0.393 bits per heavy atom. The van der Waals surface area contributed by atoms with E-state index in [9.17, 15) is 0 Å². The predicted octanol–water partition coefficient (Wildman–Crippen LogP) is 15.2. The summed E-state index contributed by atoms with van der Waals surface area (Å²) in [6.07, 6.45) is 0. The molecule has 0 amide bonds. The fourth-order valence-electron chi connectivity index (χ4n) is 8.36. The van der Waals surface area contributed by atoms with E-state index >= 15 is 0 Å². The van der Waals surface area contributed by atoms with Crippen molar-refractivity contribution in [2.24, 2.45) is 0 Å². The van der Waals surface area contributed by atoms with Crippen LogP contribution in [-0.4, -0.2) is 4.98 Å². The Morgan fingerprint density at radius 2 is 1.00 bits per heavy atom. The van der Waals surface area contributed by atoms with Gasteiger partial charge in [-0.1, -0.05) is 109 Å². The summed E-state index contributed by atoms with van der Waals surface area (Å²) >= 11 is 1.77. The monoisotopic (exact) mass is 734 g/mol. The fraction of sp³-hybridized carbons (Fsp3) is 0. The minimum absolute atomic E-state index is 0.856. The van der Waals surface area contributed by atoms with Gasteiger partial charge in [0.15, 0.2) is 0 Å². The summed E-state index contributed by atoms with van der Waals surface area (Å²) in [6, 6.07) is 64.4. The maximum absolute atomic E-state index is 6.38. The average Bonchev–Trinajstić information content (AvgIpc) is 3.97. The van der Waals surface area contributed by atoms with Gasteiger partial charge in [0.1, 0.15) is 27.3 Å². The maximum atomic E-state index is 6.38. The van der Waals surface area contributed by atoms with Crippen LogP contribution in [0.25, 0.3) is 97.3 Å². The highest BCUT2D eigenvalue weighted by Gasteiger charge is 2.18. The highest BCUT2D eigenvalue weighted by molar-refractivity contribution is 7.22. The predicted molar refractivity (Wildman–Crippen MR) is 235 cm³/mol. The first-order chi connectivity index (χ1) is 27.7. The van der Waals surface area contributed by atoms with E-state index in [0.717, 1.165) is 82.6 Å². The molecular weight excluding hydrogens is 705 g/mol. The molecule has 12 rings (SSSR count). The van der Waals surface area contributed by atoms with Gasteiger partial charge < -0.3 is 13.7 Å². The molecule has 5 heteroatoms. The second-order valence-corrected chi connectivity index (χ2v) is 15.3. The van der Waals surface area contributed by atoms with E-state index < -0.39 is 0 Å². The van der Waals surface area contributed by atoms with E-state index in [1.807, 2.05) is 30.3 Å². The molecule has 0 unspecified atom stereocenters. The number of aromatic nitrogens is 1. The number of benzene rings is 9. The van der Waals surface area contributed by atoms with Gasteiger partial charge in [-0.05, 0) is 94.0 Å². The molecule has 4 nitrogen and oxygen atoms in total. The van der Waals surface area contributed by atoms with Gasteiger partial charge >= 0.3 is 0 Å². The average molecular weight is 735 g/mol. The third-order valence-electron chi connectivity index (χ3n) is 11.1. The summed E-state index contributed by atoms with van der Waals surface area (Å²) in [5, 5.41) is 10.4. The smallest absolute Gasteiger partial charge is 0.137 e. The number of furan rings is 2. The number of hydrogen-bond acceptors (Lipinski definition) is 5. The molecule has 262 valence electrons. The Bertz CT molecular complexity index is 3490. The zero-order valence-electron chi connectivity index (χ0n) is 29.9. The molecule has 0 aliphatic heterocycles. The fourth-order valence-corrected chi connectivity index (χ4v) is 9.50. The van der Waals surface area contributed by atoms with Crippen LogP contribution < -0.4 is 4.90 Å². The van der Waals surface area contributed by atoms with Crippen molar-refractivity contribution in [2.75, 3.05) is 4.90 Å². The van der Waals surface area contributed by atoms with Gasteiger partial charge in [0.2, 0.25) is 0 Å². The first kappa shape index (κ1) is 31.2.